The zero-order chi connectivity index (χ0) is 13.8. The predicted octanol–water partition coefficient (Wildman–Crippen LogP) is 2.64. The molecule has 0 aliphatic rings. The number of ketones is 1. The maximum absolute atomic E-state index is 13.3. The molecule has 1 N–H and O–H groups in total. The van der Waals surface area contributed by atoms with E-state index >= 15 is 0 Å². The largest absolute Gasteiger partial charge is 0.344 e. The summed E-state index contributed by atoms with van der Waals surface area (Å²) in [6.45, 7) is -0.298. The van der Waals surface area contributed by atoms with Gasteiger partial charge in [0.25, 0.3) is 5.91 Å². The van der Waals surface area contributed by atoms with Gasteiger partial charge in [-0.2, -0.15) is 0 Å². The van der Waals surface area contributed by atoms with Crippen molar-refractivity contribution in [3.05, 3.63) is 57.8 Å². The highest BCUT2D eigenvalue weighted by atomic mass is 32.1. The van der Waals surface area contributed by atoms with Crippen LogP contribution in [-0.2, 0) is 0 Å². The smallest absolute Gasteiger partial charge is 0.257 e. The van der Waals surface area contributed by atoms with Crippen LogP contribution in [0.1, 0.15) is 20.0 Å². The lowest BCUT2D eigenvalue weighted by atomic mass is 10.2. The van der Waals surface area contributed by atoms with Gasteiger partial charge >= 0.3 is 0 Å². The first-order valence-corrected chi connectivity index (χ1v) is 6.26. The maximum Gasteiger partial charge on any atom is 0.257 e. The Hall–Kier alpha value is -2.08. The van der Waals surface area contributed by atoms with Crippen LogP contribution < -0.4 is 5.32 Å². The van der Waals surface area contributed by atoms with Gasteiger partial charge in [-0.15, -0.1) is 11.3 Å². The van der Waals surface area contributed by atoms with Crippen LogP contribution >= 0.6 is 11.3 Å². The fourth-order valence-corrected chi connectivity index (χ4v) is 2.15. The second-order valence-electron chi connectivity index (χ2n) is 3.68. The Kier molecular flexibility index (Phi) is 4.01. The van der Waals surface area contributed by atoms with E-state index in [1.165, 1.54) is 11.3 Å². The minimum absolute atomic E-state index is 0.298. The highest BCUT2D eigenvalue weighted by Crippen LogP contribution is 2.12. The van der Waals surface area contributed by atoms with Gasteiger partial charge in [0.1, 0.15) is 17.2 Å². The standard InChI is InChI=1S/C13H9F2NO2S/c14-8-3-1-4-9(15)12(8)13(18)16-7-10(17)11-5-2-6-19-11/h1-6H,7H2,(H,16,18). The van der Waals surface area contributed by atoms with Gasteiger partial charge in [-0.3, -0.25) is 9.59 Å². The number of hydrogen-bond acceptors (Lipinski definition) is 3. The molecule has 0 unspecified atom stereocenters. The van der Waals surface area contributed by atoms with Crippen LogP contribution in [0.25, 0.3) is 0 Å². The summed E-state index contributed by atoms with van der Waals surface area (Å²) < 4.78 is 26.6. The van der Waals surface area contributed by atoms with Crippen molar-refractivity contribution in [1.82, 2.24) is 5.32 Å². The predicted molar refractivity (Wildman–Crippen MR) is 67.3 cm³/mol. The van der Waals surface area contributed by atoms with Crippen molar-refractivity contribution < 1.29 is 18.4 Å². The number of thiophene rings is 1. The average Bonchev–Trinajstić information content (AvgIpc) is 2.89. The van der Waals surface area contributed by atoms with Crippen molar-refractivity contribution in [3.8, 4) is 0 Å². The van der Waals surface area contributed by atoms with Crippen LogP contribution in [-0.4, -0.2) is 18.2 Å². The second-order valence-corrected chi connectivity index (χ2v) is 4.63. The quantitative estimate of drug-likeness (QED) is 0.876. The van der Waals surface area contributed by atoms with Gasteiger partial charge in [-0.25, -0.2) is 8.78 Å². The zero-order valence-electron chi connectivity index (χ0n) is 9.65. The first-order chi connectivity index (χ1) is 9.09. The Labute approximate surface area is 111 Å². The number of carbonyl (C=O) groups excluding carboxylic acids is 2. The molecule has 2 aromatic rings. The summed E-state index contributed by atoms with van der Waals surface area (Å²) >= 11 is 1.24. The number of amides is 1. The molecule has 0 atom stereocenters. The number of hydrogen-bond donors (Lipinski definition) is 1. The molecule has 0 saturated carbocycles. The van der Waals surface area contributed by atoms with E-state index in [1.807, 2.05) is 0 Å². The third kappa shape index (κ3) is 3.03. The molecule has 1 amide bonds. The summed E-state index contributed by atoms with van der Waals surface area (Å²) in [5.74, 6) is -3.16. The van der Waals surface area contributed by atoms with Gasteiger partial charge in [0.2, 0.25) is 0 Å². The Morgan fingerprint density at radius 1 is 1.11 bits per heavy atom. The third-order valence-electron chi connectivity index (χ3n) is 2.40. The lowest BCUT2D eigenvalue weighted by molar-refractivity contribution is 0.0899. The van der Waals surface area contributed by atoms with E-state index in [2.05, 4.69) is 5.32 Å². The van der Waals surface area contributed by atoms with Gasteiger partial charge in [0, 0.05) is 0 Å². The molecule has 1 heterocycles. The molecule has 0 saturated heterocycles. The summed E-state index contributed by atoms with van der Waals surface area (Å²) in [6.07, 6.45) is 0. The van der Waals surface area contributed by atoms with E-state index in [-0.39, 0.29) is 12.3 Å². The fourth-order valence-electron chi connectivity index (χ4n) is 1.49. The molecule has 3 nitrogen and oxygen atoms in total. The number of halogens is 2. The SMILES string of the molecule is O=C(CNC(=O)c1c(F)cccc1F)c1cccs1. The van der Waals surface area contributed by atoms with Gasteiger partial charge < -0.3 is 5.32 Å². The first-order valence-electron chi connectivity index (χ1n) is 5.38. The van der Waals surface area contributed by atoms with Gasteiger partial charge in [-0.05, 0) is 23.6 Å². The molecule has 0 aliphatic heterocycles. The van der Waals surface area contributed by atoms with Crippen molar-refractivity contribution in [3.63, 3.8) is 0 Å². The van der Waals surface area contributed by atoms with Crippen LogP contribution in [0.3, 0.4) is 0 Å². The number of carbonyl (C=O) groups is 2. The molecule has 0 bridgehead atoms. The van der Waals surface area contributed by atoms with Crippen LogP contribution in [0, 0.1) is 11.6 Å². The zero-order valence-corrected chi connectivity index (χ0v) is 10.5. The molecule has 2 rings (SSSR count). The minimum atomic E-state index is -0.957. The maximum atomic E-state index is 13.3. The van der Waals surface area contributed by atoms with E-state index in [1.54, 1.807) is 17.5 Å². The molecule has 98 valence electrons. The molecule has 1 aromatic carbocycles. The van der Waals surface area contributed by atoms with E-state index in [9.17, 15) is 18.4 Å². The summed E-state index contributed by atoms with van der Waals surface area (Å²) in [6, 6.07) is 6.45. The molecule has 0 fully saturated rings. The number of Topliss-reactive ketones (excluding diaryl/α,β-unsaturated/α-hetero) is 1. The first kappa shape index (κ1) is 13.4. The molecular weight excluding hydrogens is 272 g/mol. The Bertz CT molecular complexity index is 591. The van der Waals surface area contributed by atoms with Gasteiger partial charge in [0.15, 0.2) is 5.78 Å². The summed E-state index contributed by atoms with van der Waals surface area (Å²) in [4.78, 5) is 23.7. The van der Waals surface area contributed by atoms with Crippen molar-refractivity contribution in [2.24, 2.45) is 0 Å². The van der Waals surface area contributed by atoms with Crippen molar-refractivity contribution in [1.29, 1.82) is 0 Å². The summed E-state index contributed by atoms with van der Waals surface area (Å²) in [5.41, 5.74) is -0.679. The third-order valence-corrected chi connectivity index (χ3v) is 3.31. The molecular formula is C13H9F2NO2S. The van der Waals surface area contributed by atoms with E-state index in [4.69, 9.17) is 0 Å². The minimum Gasteiger partial charge on any atom is -0.344 e. The van der Waals surface area contributed by atoms with Crippen LogP contribution in [0.15, 0.2) is 35.7 Å². The lowest BCUT2D eigenvalue weighted by Crippen LogP contribution is -2.30. The van der Waals surface area contributed by atoms with Gasteiger partial charge in [-0.1, -0.05) is 12.1 Å². The van der Waals surface area contributed by atoms with Crippen molar-refractivity contribution >= 4 is 23.0 Å². The molecule has 6 heteroatoms. The second kappa shape index (κ2) is 5.71. The highest BCUT2D eigenvalue weighted by molar-refractivity contribution is 7.12. The topological polar surface area (TPSA) is 46.2 Å². The van der Waals surface area contributed by atoms with Crippen LogP contribution in [0.5, 0.6) is 0 Å². The average molecular weight is 281 g/mol. The molecule has 19 heavy (non-hydrogen) atoms. The monoisotopic (exact) mass is 281 g/mol. The van der Waals surface area contributed by atoms with Crippen LogP contribution in [0.2, 0.25) is 0 Å². The summed E-state index contributed by atoms with van der Waals surface area (Å²) in [7, 11) is 0. The summed E-state index contributed by atoms with van der Waals surface area (Å²) in [5, 5.41) is 3.93. The normalized spacial score (nSPS) is 10.2. The van der Waals surface area contributed by atoms with E-state index in [0.717, 1.165) is 18.2 Å². The fraction of sp³-hybridized carbons (Fsp3) is 0.0769. The molecule has 1 aromatic heterocycles. The highest BCUT2D eigenvalue weighted by Gasteiger charge is 2.17. The van der Waals surface area contributed by atoms with Gasteiger partial charge in [0.05, 0.1) is 11.4 Å². The van der Waals surface area contributed by atoms with Crippen molar-refractivity contribution in [2.75, 3.05) is 6.54 Å². The van der Waals surface area contributed by atoms with Crippen LogP contribution in [0.4, 0.5) is 8.78 Å². The Balaban J connectivity index is 2.04. The number of nitrogens with one attached hydrogen (secondary N) is 1. The molecule has 0 aliphatic carbocycles. The Morgan fingerprint density at radius 3 is 2.37 bits per heavy atom. The lowest BCUT2D eigenvalue weighted by Gasteiger charge is -2.05. The van der Waals surface area contributed by atoms with Crippen molar-refractivity contribution in [2.45, 2.75) is 0 Å². The van der Waals surface area contributed by atoms with E-state index in [0.29, 0.717) is 4.88 Å². The number of rotatable bonds is 4. The van der Waals surface area contributed by atoms with E-state index < -0.39 is 23.1 Å². The molecule has 0 spiro atoms. The Morgan fingerprint density at radius 2 is 1.79 bits per heavy atom. The number of benzene rings is 1. The molecule has 0 radical (unpaired) electrons.